The summed E-state index contributed by atoms with van der Waals surface area (Å²) >= 11 is 0. The Kier molecular flexibility index (Phi) is 63.1. The fourth-order valence-electron chi connectivity index (χ4n) is 10.6. The molecule has 75 heavy (non-hydrogen) atoms. The van der Waals surface area contributed by atoms with Crippen LogP contribution in [0.5, 0.6) is 0 Å². The van der Waals surface area contributed by atoms with Crippen LogP contribution in [-0.2, 0) is 28.6 Å². The zero-order chi connectivity index (χ0) is 54.3. The quantitative estimate of drug-likeness (QED) is 0.0261. The predicted molar refractivity (Wildman–Crippen MR) is 326 cm³/mol. The summed E-state index contributed by atoms with van der Waals surface area (Å²) < 4.78 is 17.0. The fraction of sp³-hybridized carbons (Fsp3) is 0.928. The van der Waals surface area contributed by atoms with E-state index in [0.29, 0.717) is 19.3 Å². The van der Waals surface area contributed by atoms with E-state index in [1.807, 2.05) is 0 Å². The van der Waals surface area contributed by atoms with Crippen LogP contribution in [0.3, 0.4) is 0 Å². The van der Waals surface area contributed by atoms with Crippen LogP contribution in [0, 0.1) is 0 Å². The van der Waals surface area contributed by atoms with Crippen LogP contribution in [0.2, 0.25) is 0 Å². The minimum Gasteiger partial charge on any atom is -0.462 e. The number of ether oxygens (including phenoxy) is 3. The van der Waals surface area contributed by atoms with E-state index in [2.05, 4.69) is 32.9 Å². The highest BCUT2D eigenvalue weighted by molar-refractivity contribution is 5.71. The van der Waals surface area contributed by atoms with Gasteiger partial charge in [0.15, 0.2) is 6.10 Å². The van der Waals surface area contributed by atoms with Gasteiger partial charge in [0, 0.05) is 19.3 Å². The number of carbonyl (C=O) groups excluding carboxylic acids is 3. The molecule has 1 atom stereocenters. The second-order valence-corrected chi connectivity index (χ2v) is 23.5. The molecular weight excluding hydrogens is 925 g/mol. The Morgan fingerprint density at radius 2 is 0.440 bits per heavy atom. The molecule has 0 N–H and O–H groups in total. The van der Waals surface area contributed by atoms with Gasteiger partial charge < -0.3 is 14.2 Å². The summed E-state index contributed by atoms with van der Waals surface area (Å²) in [6, 6.07) is 0. The lowest BCUT2D eigenvalue weighted by Crippen LogP contribution is -2.30. The van der Waals surface area contributed by atoms with Gasteiger partial charge in [0.1, 0.15) is 13.2 Å². The first-order chi connectivity index (χ1) is 37.0. The van der Waals surface area contributed by atoms with Crippen LogP contribution in [0.1, 0.15) is 393 Å². The molecule has 0 aliphatic carbocycles. The van der Waals surface area contributed by atoms with E-state index in [4.69, 9.17) is 14.2 Å². The Morgan fingerprint density at radius 3 is 0.680 bits per heavy atom. The number of unbranched alkanes of at least 4 members (excludes halogenated alkanes) is 51. The predicted octanol–water partition coefficient (Wildman–Crippen LogP) is 23.2. The van der Waals surface area contributed by atoms with Gasteiger partial charge in [0.05, 0.1) is 0 Å². The van der Waals surface area contributed by atoms with Crippen molar-refractivity contribution in [3.05, 3.63) is 12.2 Å². The van der Waals surface area contributed by atoms with Crippen LogP contribution in [-0.4, -0.2) is 37.2 Å². The maximum absolute atomic E-state index is 12.9. The largest absolute Gasteiger partial charge is 0.462 e. The third-order valence-corrected chi connectivity index (χ3v) is 15.8. The van der Waals surface area contributed by atoms with Gasteiger partial charge in [-0.2, -0.15) is 0 Å². The molecule has 0 amide bonds. The SMILES string of the molecule is CCCCCC/C=C\CCCCCCCC(=O)OCC(COC(=O)CCCCCCCCCCCCCCCCCCCCCCCCCCC)OC(=O)CCCCCCCCCCCCCCCCCCCCC. The number of rotatable bonds is 64. The molecule has 6 heteroatoms. The molecule has 0 rings (SSSR count). The molecule has 0 heterocycles. The van der Waals surface area contributed by atoms with E-state index in [0.717, 1.165) is 64.2 Å². The maximum Gasteiger partial charge on any atom is 0.306 e. The highest BCUT2D eigenvalue weighted by Crippen LogP contribution is 2.19. The minimum absolute atomic E-state index is 0.0658. The van der Waals surface area contributed by atoms with E-state index in [1.54, 1.807) is 0 Å². The molecule has 0 saturated carbocycles. The second kappa shape index (κ2) is 64.7. The Morgan fingerprint density at radius 1 is 0.253 bits per heavy atom. The normalized spacial score (nSPS) is 12.0. The Bertz CT molecular complexity index is 1170. The van der Waals surface area contributed by atoms with E-state index < -0.39 is 6.10 Å². The van der Waals surface area contributed by atoms with Crippen LogP contribution in [0.4, 0.5) is 0 Å². The molecule has 1 unspecified atom stereocenters. The van der Waals surface area contributed by atoms with Crippen molar-refractivity contribution < 1.29 is 28.6 Å². The van der Waals surface area contributed by atoms with Crippen molar-refractivity contribution in [1.29, 1.82) is 0 Å². The van der Waals surface area contributed by atoms with Gasteiger partial charge in [-0.05, 0) is 44.9 Å². The molecular formula is C69H132O6. The Hall–Kier alpha value is -1.85. The second-order valence-electron chi connectivity index (χ2n) is 23.5. The van der Waals surface area contributed by atoms with Crippen molar-refractivity contribution in [3.8, 4) is 0 Å². The Balaban J connectivity index is 4.20. The van der Waals surface area contributed by atoms with E-state index >= 15 is 0 Å². The fourth-order valence-corrected chi connectivity index (χ4v) is 10.6. The van der Waals surface area contributed by atoms with Gasteiger partial charge in [0.2, 0.25) is 0 Å². The molecule has 0 aliphatic heterocycles. The first kappa shape index (κ1) is 73.2. The van der Waals surface area contributed by atoms with Crippen LogP contribution in [0.25, 0.3) is 0 Å². The first-order valence-corrected chi connectivity index (χ1v) is 34.2. The highest BCUT2D eigenvalue weighted by atomic mass is 16.6. The number of esters is 3. The molecule has 0 fully saturated rings. The monoisotopic (exact) mass is 1060 g/mol. The third-order valence-electron chi connectivity index (χ3n) is 15.8. The zero-order valence-electron chi connectivity index (χ0n) is 51.1. The zero-order valence-corrected chi connectivity index (χ0v) is 51.1. The van der Waals surface area contributed by atoms with Crippen molar-refractivity contribution in [1.82, 2.24) is 0 Å². The molecule has 0 saturated heterocycles. The average molecular weight is 1060 g/mol. The lowest BCUT2D eigenvalue weighted by molar-refractivity contribution is -0.167. The van der Waals surface area contributed by atoms with Gasteiger partial charge >= 0.3 is 17.9 Å². The topological polar surface area (TPSA) is 78.9 Å². The van der Waals surface area contributed by atoms with Crippen LogP contribution >= 0.6 is 0 Å². The number of hydrogen-bond acceptors (Lipinski definition) is 6. The number of hydrogen-bond donors (Lipinski definition) is 0. The molecule has 0 aliphatic rings. The van der Waals surface area contributed by atoms with E-state index in [1.165, 1.54) is 289 Å². The molecule has 0 aromatic rings. The van der Waals surface area contributed by atoms with Gasteiger partial charge in [-0.15, -0.1) is 0 Å². The van der Waals surface area contributed by atoms with E-state index in [-0.39, 0.29) is 31.1 Å². The van der Waals surface area contributed by atoms with Crippen LogP contribution < -0.4 is 0 Å². The van der Waals surface area contributed by atoms with Crippen molar-refractivity contribution in [2.75, 3.05) is 13.2 Å². The summed E-state index contributed by atoms with van der Waals surface area (Å²) in [5.41, 5.74) is 0. The molecule has 0 bridgehead atoms. The molecule has 0 aromatic heterocycles. The molecule has 0 radical (unpaired) electrons. The van der Waals surface area contributed by atoms with Gasteiger partial charge in [-0.25, -0.2) is 0 Å². The Labute approximate surface area is 469 Å². The summed E-state index contributed by atoms with van der Waals surface area (Å²) in [4.78, 5) is 38.3. The highest BCUT2D eigenvalue weighted by Gasteiger charge is 2.19. The van der Waals surface area contributed by atoms with Crippen molar-refractivity contribution in [2.24, 2.45) is 0 Å². The average Bonchev–Trinajstić information content (AvgIpc) is 3.41. The standard InChI is InChI=1S/C69H132O6/c1-4-7-10-13-16-19-22-25-27-29-31-32-33-34-35-36-38-39-41-44-47-50-53-56-59-62-68(71)74-65-66(64-73-67(70)61-58-55-52-49-46-43-24-21-18-15-12-9-6-3)75-69(72)63-60-57-54-51-48-45-42-40-37-30-28-26-23-20-17-14-11-8-5-2/h21,24,66H,4-20,22-23,25-65H2,1-3H3/b24-21-. The summed E-state index contributed by atoms with van der Waals surface area (Å²) in [5.74, 6) is -0.842. The summed E-state index contributed by atoms with van der Waals surface area (Å²) in [6.07, 6.45) is 76.7. The lowest BCUT2D eigenvalue weighted by Gasteiger charge is -2.18. The number of allylic oxidation sites excluding steroid dienone is 2. The van der Waals surface area contributed by atoms with Gasteiger partial charge in [0.25, 0.3) is 0 Å². The summed E-state index contributed by atoms with van der Waals surface area (Å²) in [6.45, 7) is 6.70. The molecule has 0 spiro atoms. The van der Waals surface area contributed by atoms with Crippen LogP contribution in [0.15, 0.2) is 12.2 Å². The smallest absolute Gasteiger partial charge is 0.306 e. The minimum atomic E-state index is -0.769. The van der Waals surface area contributed by atoms with Crippen molar-refractivity contribution >= 4 is 17.9 Å². The van der Waals surface area contributed by atoms with E-state index in [9.17, 15) is 14.4 Å². The molecule has 444 valence electrons. The first-order valence-electron chi connectivity index (χ1n) is 34.2. The lowest BCUT2D eigenvalue weighted by atomic mass is 10.0. The van der Waals surface area contributed by atoms with Gasteiger partial charge in [-0.3, -0.25) is 14.4 Å². The molecule has 6 nitrogen and oxygen atoms in total. The third kappa shape index (κ3) is 62.9. The van der Waals surface area contributed by atoms with Crippen molar-refractivity contribution in [2.45, 2.75) is 399 Å². The summed E-state index contributed by atoms with van der Waals surface area (Å²) in [5, 5.41) is 0. The maximum atomic E-state index is 12.9. The van der Waals surface area contributed by atoms with Crippen molar-refractivity contribution in [3.63, 3.8) is 0 Å². The van der Waals surface area contributed by atoms with Gasteiger partial charge in [-0.1, -0.05) is 341 Å². The number of carbonyl (C=O) groups is 3. The summed E-state index contributed by atoms with van der Waals surface area (Å²) in [7, 11) is 0. The molecule has 0 aromatic carbocycles.